The minimum Gasteiger partial charge on any atom is -0.0699 e. The average molecular weight is 500 g/mol. The van der Waals surface area contributed by atoms with Crippen LogP contribution in [0.5, 0.6) is 0 Å². The zero-order valence-electron chi connectivity index (χ0n) is 23.7. The maximum Gasteiger partial charge on any atom is 0.0657 e. The van der Waals surface area contributed by atoms with Crippen molar-refractivity contribution in [2.45, 2.75) is 76.9 Å². The lowest BCUT2D eigenvalue weighted by molar-refractivity contribution is 0.575. The van der Waals surface area contributed by atoms with Crippen LogP contribution in [-0.2, 0) is 22.3 Å². The first-order valence-corrected chi connectivity index (χ1v) is 16.3. The van der Waals surface area contributed by atoms with E-state index in [1.165, 1.54) is 50.1 Å². The van der Waals surface area contributed by atoms with E-state index in [1.807, 2.05) is 0 Å². The van der Waals surface area contributed by atoms with Crippen molar-refractivity contribution in [2.75, 3.05) is 0 Å². The molecule has 187 valence electrons. The van der Waals surface area contributed by atoms with Crippen molar-refractivity contribution in [1.82, 2.24) is 0 Å². The topological polar surface area (TPSA) is 0 Å². The van der Waals surface area contributed by atoms with Crippen LogP contribution in [0.4, 0.5) is 0 Å². The number of benzene rings is 4. The fourth-order valence-corrected chi connectivity index (χ4v) is 9.39. The van der Waals surface area contributed by atoms with Gasteiger partial charge < -0.3 is 0 Å². The molecular weight excluding hydrogens is 460 g/mol. The third-order valence-corrected chi connectivity index (χ3v) is 11.1. The normalized spacial score (nSPS) is 15.4. The van der Waals surface area contributed by atoms with Crippen molar-refractivity contribution in [3.63, 3.8) is 0 Å². The zero-order valence-corrected chi connectivity index (χ0v) is 24.7. The molecule has 0 N–H and O–H groups in total. The molecule has 0 unspecified atom stereocenters. The minimum absolute atomic E-state index is 0.0481. The van der Waals surface area contributed by atoms with E-state index in [1.54, 1.807) is 11.1 Å². The largest absolute Gasteiger partial charge is 0.0699 e. The highest BCUT2D eigenvalue weighted by Crippen LogP contribution is 2.58. The molecule has 0 bridgehead atoms. The molecule has 0 heterocycles. The van der Waals surface area contributed by atoms with Crippen LogP contribution in [0.15, 0.2) is 78.9 Å². The van der Waals surface area contributed by atoms with Crippen LogP contribution < -0.4 is 0 Å². The Kier molecular flexibility index (Phi) is 5.31. The summed E-state index contributed by atoms with van der Waals surface area (Å²) < 4.78 is 0. The molecular formula is C36H39Si. The Morgan fingerprint density at radius 1 is 0.622 bits per heavy atom. The predicted molar refractivity (Wildman–Crippen MR) is 161 cm³/mol. The molecule has 0 amide bonds. The first kappa shape index (κ1) is 24.4. The van der Waals surface area contributed by atoms with Crippen molar-refractivity contribution in [1.29, 1.82) is 0 Å². The molecule has 0 atom stereocenters. The molecule has 0 aromatic heterocycles. The molecule has 0 saturated heterocycles. The molecule has 4 aromatic rings. The highest BCUT2D eigenvalue weighted by Gasteiger charge is 2.50. The lowest BCUT2D eigenvalue weighted by Crippen LogP contribution is -2.43. The Bertz CT molecular complexity index is 1490. The van der Waals surface area contributed by atoms with Gasteiger partial charge in [-0.25, -0.2) is 0 Å². The third kappa shape index (κ3) is 3.39. The number of hydrogen-bond donors (Lipinski definition) is 0. The van der Waals surface area contributed by atoms with Gasteiger partial charge in [-0.1, -0.05) is 133 Å². The monoisotopic (exact) mass is 499 g/mol. The lowest BCUT2D eigenvalue weighted by Gasteiger charge is -2.41. The van der Waals surface area contributed by atoms with Gasteiger partial charge in [0.2, 0.25) is 0 Å². The summed E-state index contributed by atoms with van der Waals surface area (Å²) in [5, 5.41) is -0.0826. The molecule has 1 heteroatoms. The molecule has 0 saturated carbocycles. The van der Waals surface area contributed by atoms with E-state index >= 15 is 0 Å². The highest BCUT2D eigenvalue weighted by molar-refractivity contribution is 6.62. The molecule has 37 heavy (non-hydrogen) atoms. The summed E-state index contributed by atoms with van der Waals surface area (Å²) in [7, 11) is -0.867. The van der Waals surface area contributed by atoms with Crippen molar-refractivity contribution in [3.05, 3.63) is 118 Å². The van der Waals surface area contributed by atoms with Crippen LogP contribution >= 0.6 is 0 Å². The van der Waals surface area contributed by atoms with Gasteiger partial charge in [0.05, 0.1) is 8.80 Å². The average Bonchev–Trinajstić information content (AvgIpc) is 3.36. The first-order chi connectivity index (χ1) is 17.5. The predicted octanol–water partition coefficient (Wildman–Crippen LogP) is 9.46. The second-order valence-corrected chi connectivity index (χ2v) is 16.2. The summed E-state index contributed by atoms with van der Waals surface area (Å²) in [5.74, 6) is 0. The van der Waals surface area contributed by atoms with E-state index in [2.05, 4.69) is 133 Å². The summed E-state index contributed by atoms with van der Waals surface area (Å²) in [6.45, 7) is 19.2. The molecule has 0 aliphatic heterocycles. The van der Waals surface area contributed by atoms with Gasteiger partial charge in [-0.15, -0.1) is 0 Å². The standard InChI is InChI=1S/C36H39Si/c1-34(2,3)24-17-18-25-23(21-24)22-29-26(25)19-20-32(35(4,5)6)33(29)36(37(7)8)30-15-11-9-13-27(30)28-14-10-12-16-31(28)36/h9-21H,22H2,1-8H3. The van der Waals surface area contributed by atoms with Crippen LogP contribution in [0.25, 0.3) is 22.3 Å². The van der Waals surface area contributed by atoms with Crippen molar-refractivity contribution in [2.24, 2.45) is 0 Å². The van der Waals surface area contributed by atoms with Crippen LogP contribution in [-0.4, -0.2) is 8.80 Å². The molecule has 6 rings (SSSR count). The second kappa shape index (κ2) is 8.05. The molecule has 2 aliphatic carbocycles. The molecule has 0 spiro atoms. The quantitative estimate of drug-likeness (QED) is 0.212. The number of rotatable bonds is 2. The van der Waals surface area contributed by atoms with Gasteiger partial charge >= 0.3 is 0 Å². The molecule has 4 aromatic carbocycles. The Morgan fingerprint density at radius 3 is 1.73 bits per heavy atom. The van der Waals surface area contributed by atoms with E-state index in [9.17, 15) is 0 Å². The fourth-order valence-electron chi connectivity index (χ4n) is 7.09. The van der Waals surface area contributed by atoms with Gasteiger partial charge in [-0.2, -0.15) is 0 Å². The van der Waals surface area contributed by atoms with Crippen LogP contribution in [0.2, 0.25) is 13.1 Å². The summed E-state index contributed by atoms with van der Waals surface area (Å²) in [6.07, 6.45) is 1.02. The smallest absolute Gasteiger partial charge is 0.0657 e. The Labute approximate surface area is 225 Å². The SMILES string of the molecule is C[Si](C)C1(c2c(C(C)(C)C)ccc3c2Cc2cc(C(C)(C)C)ccc2-3)c2ccccc2-c2ccccc21. The van der Waals surface area contributed by atoms with Gasteiger partial charge in [0.25, 0.3) is 0 Å². The highest BCUT2D eigenvalue weighted by atomic mass is 28.3. The molecule has 0 nitrogen and oxygen atoms in total. The van der Waals surface area contributed by atoms with Crippen molar-refractivity contribution < 1.29 is 0 Å². The van der Waals surface area contributed by atoms with Crippen molar-refractivity contribution >= 4 is 8.80 Å². The van der Waals surface area contributed by atoms with Gasteiger partial charge in [-0.3, -0.25) is 0 Å². The van der Waals surface area contributed by atoms with Gasteiger partial charge in [-0.05, 0) is 78.4 Å². The Morgan fingerprint density at radius 2 is 1.19 bits per heavy atom. The minimum atomic E-state index is -0.867. The maximum atomic E-state index is 2.54. The van der Waals surface area contributed by atoms with Crippen LogP contribution in [0.3, 0.4) is 0 Å². The summed E-state index contributed by atoms with van der Waals surface area (Å²) in [6, 6.07) is 30.7. The van der Waals surface area contributed by atoms with E-state index in [-0.39, 0.29) is 15.9 Å². The van der Waals surface area contributed by atoms with Crippen LogP contribution in [0.1, 0.15) is 80.5 Å². The maximum absolute atomic E-state index is 2.54. The first-order valence-electron chi connectivity index (χ1n) is 13.8. The number of fused-ring (bicyclic) bond motifs is 6. The third-order valence-electron chi connectivity index (χ3n) is 8.83. The van der Waals surface area contributed by atoms with E-state index in [4.69, 9.17) is 0 Å². The van der Waals surface area contributed by atoms with Crippen molar-refractivity contribution in [3.8, 4) is 22.3 Å². The lowest BCUT2D eigenvalue weighted by atomic mass is 9.73. The van der Waals surface area contributed by atoms with E-state index < -0.39 is 8.80 Å². The van der Waals surface area contributed by atoms with Gasteiger partial charge in [0.15, 0.2) is 0 Å². The Balaban J connectivity index is 1.73. The zero-order chi connectivity index (χ0) is 26.3. The fraction of sp³-hybridized carbons (Fsp3) is 0.333. The summed E-state index contributed by atoms with van der Waals surface area (Å²) >= 11 is 0. The van der Waals surface area contributed by atoms with E-state index in [0.717, 1.165) is 6.42 Å². The van der Waals surface area contributed by atoms with Gasteiger partial charge in [0, 0.05) is 5.04 Å². The Hall–Kier alpha value is -2.90. The van der Waals surface area contributed by atoms with E-state index in [0.29, 0.717) is 0 Å². The molecule has 1 radical (unpaired) electrons. The summed E-state index contributed by atoms with van der Waals surface area (Å²) in [5.41, 5.74) is 16.5. The van der Waals surface area contributed by atoms with Crippen LogP contribution in [0, 0.1) is 0 Å². The molecule has 0 fully saturated rings. The number of hydrogen-bond acceptors (Lipinski definition) is 0. The second-order valence-electron chi connectivity index (χ2n) is 13.4. The molecule has 2 aliphatic rings. The summed E-state index contributed by atoms with van der Waals surface area (Å²) in [4.78, 5) is 0. The van der Waals surface area contributed by atoms with Gasteiger partial charge in [0.1, 0.15) is 0 Å².